The number of nitrogens with one attached hydrogen (secondary N) is 1. The summed E-state index contributed by atoms with van der Waals surface area (Å²) in [6.45, 7) is 4.60. The van der Waals surface area contributed by atoms with Gasteiger partial charge in [-0.05, 0) is 37.7 Å². The summed E-state index contributed by atoms with van der Waals surface area (Å²) in [5.41, 5.74) is -0.546. The van der Waals surface area contributed by atoms with E-state index in [9.17, 15) is 28.1 Å². The first kappa shape index (κ1) is 22.7. The summed E-state index contributed by atoms with van der Waals surface area (Å²) in [7, 11) is 1.97. The minimum absolute atomic E-state index is 0.111. The second-order valence-electron chi connectivity index (χ2n) is 7.66. The first-order chi connectivity index (χ1) is 14.5. The normalized spacial score (nSPS) is 15.6. The summed E-state index contributed by atoms with van der Waals surface area (Å²) in [6, 6.07) is 7.62. The van der Waals surface area contributed by atoms with Crippen LogP contribution in [0, 0.1) is 17.0 Å². The molecule has 2 aromatic carbocycles. The van der Waals surface area contributed by atoms with Gasteiger partial charge in [-0.2, -0.15) is 13.2 Å². The number of halogens is 3. The summed E-state index contributed by atoms with van der Waals surface area (Å²) < 4.78 is 41.1. The molecule has 31 heavy (non-hydrogen) atoms. The van der Waals surface area contributed by atoms with Crippen molar-refractivity contribution in [2.45, 2.75) is 19.6 Å². The zero-order chi connectivity index (χ0) is 22.8. The highest BCUT2D eigenvalue weighted by Gasteiger charge is 2.34. The third-order valence-electron chi connectivity index (χ3n) is 5.33. The van der Waals surface area contributed by atoms with Crippen molar-refractivity contribution in [3.63, 3.8) is 0 Å². The van der Waals surface area contributed by atoms with Crippen molar-refractivity contribution in [1.29, 1.82) is 0 Å². The maximum Gasteiger partial charge on any atom is 0.416 e. The summed E-state index contributed by atoms with van der Waals surface area (Å²) in [5, 5.41) is 13.5. The number of amides is 1. The molecule has 10 heteroatoms. The fraction of sp³-hybridized carbons (Fsp3) is 0.381. The summed E-state index contributed by atoms with van der Waals surface area (Å²) >= 11 is 0. The highest BCUT2D eigenvalue weighted by atomic mass is 19.4. The van der Waals surface area contributed by atoms with Crippen molar-refractivity contribution < 1.29 is 22.9 Å². The molecule has 0 aromatic heterocycles. The zero-order valence-electron chi connectivity index (χ0n) is 17.2. The van der Waals surface area contributed by atoms with E-state index < -0.39 is 22.6 Å². The fourth-order valence-corrected chi connectivity index (χ4v) is 3.45. The van der Waals surface area contributed by atoms with Gasteiger partial charge < -0.3 is 10.2 Å². The molecule has 7 nitrogen and oxygen atoms in total. The molecular formula is C21H23F3N4O3. The Hall–Kier alpha value is -2.98. The van der Waals surface area contributed by atoms with Gasteiger partial charge in [-0.1, -0.05) is 12.1 Å². The van der Waals surface area contributed by atoms with E-state index in [1.54, 1.807) is 6.92 Å². The zero-order valence-corrected chi connectivity index (χ0v) is 17.2. The number of nitrogens with zero attached hydrogens (tertiary/aromatic N) is 3. The molecule has 1 saturated heterocycles. The van der Waals surface area contributed by atoms with Crippen LogP contribution < -0.4 is 5.32 Å². The Labute approximate surface area is 177 Å². The number of likely N-dealkylation sites (N-methyl/N-ethyl adjacent to an activating group) is 1. The van der Waals surface area contributed by atoms with Gasteiger partial charge in [0.1, 0.15) is 0 Å². The standard InChI is InChI=1S/C21H23F3N4O3/c1-14-3-6-17(12-19(14)28(30)31)25-20(29)15-4-5-16(18(11-15)21(22,23)24)13-27-9-7-26(2)8-10-27/h3-6,11-12H,7-10,13H2,1-2H3,(H,25,29). The average molecular weight is 436 g/mol. The van der Waals surface area contributed by atoms with E-state index >= 15 is 0 Å². The minimum atomic E-state index is -4.61. The van der Waals surface area contributed by atoms with Crippen molar-refractivity contribution in [2.24, 2.45) is 0 Å². The van der Waals surface area contributed by atoms with Gasteiger partial charge in [-0.25, -0.2) is 0 Å². The minimum Gasteiger partial charge on any atom is -0.322 e. The molecule has 0 radical (unpaired) electrons. The van der Waals surface area contributed by atoms with E-state index in [0.29, 0.717) is 18.7 Å². The third-order valence-corrected chi connectivity index (χ3v) is 5.33. The van der Waals surface area contributed by atoms with Crippen LogP contribution in [0.15, 0.2) is 36.4 Å². The predicted molar refractivity (Wildman–Crippen MR) is 110 cm³/mol. The van der Waals surface area contributed by atoms with Crippen LogP contribution in [0.5, 0.6) is 0 Å². The number of nitro groups is 1. The third kappa shape index (κ3) is 5.59. The Morgan fingerprint density at radius 3 is 2.42 bits per heavy atom. The highest BCUT2D eigenvalue weighted by Crippen LogP contribution is 2.34. The predicted octanol–water partition coefficient (Wildman–Crippen LogP) is 3.92. The van der Waals surface area contributed by atoms with Gasteiger partial charge in [-0.3, -0.25) is 19.8 Å². The molecule has 1 amide bonds. The van der Waals surface area contributed by atoms with Crippen LogP contribution in [0.4, 0.5) is 24.5 Å². The molecule has 0 saturated carbocycles. The van der Waals surface area contributed by atoms with Crippen LogP contribution in [0.2, 0.25) is 0 Å². The van der Waals surface area contributed by atoms with Gasteiger partial charge in [0, 0.05) is 55.6 Å². The van der Waals surface area contributed by atoms with Gasteiger partial charge in [0.25, 0.3) is 11.6 Å². The molecule has 166 valence electrons. The molecule has 1 aliphatic rings. The second-order valence-corrected chi connectivity index (χ2v) is 7.66. The number of alkyl halides is 3. The summed E-state index contributed by atoms with van der Waals surface area (Å²) in [6.07, 6.45) is -4.61. The Morgan fingerprint density at radius 2 is 1.81 bits per heavy atom. The van der Waals surface area contributed by atoms with Crippen molar-refractivity contribution >= 4 is 17.3 Å². The number of hydrogen-bond donors (Lipinski definition) is 1. The number of piperazine rings is 1. The van der Waals surface area contributed by atoms with Crippen LogP contribution in [0.25, 0.3) is 0 Å². The van der Waals surface area contributed by atoms with Gasteiger partial charge in [0.15, 0.2) is 0 Å². The molecule has 0 bridgehead atoms. The number of anilines is 1. The lowest BCUT2D eigenvalue weighted by atomic mass is 10.0. The second kappa shape index (κ2) is 9.03. The van der Waals surface area contributed by atoms with Crippen molar-refractivity contribution in [1.82, 2.24) is 9.80 Å². The largest absolute Gasteiger partial charge is 0.416 e. The van der Waals surface area contributed by atoms with Crippen LogP contribution in [-0.2, 0) is 12.7 Å². The Balaban J connectivity index is 1.82. The molecule has 3 rings (SSSR count). The molecule has 0 aliphatic carbocycles. The number of carbonyl (C=O) groups is 1. The first-order valence-electron chi connectivity index (χ1n) is 9.72. The molecule has 1 aliphatic heterocycles. The van der Waals surface area contributed by atoms with Crippen molar-refractivity contribution in [2.75, 3.05) is 38.5 Å². The fourth-order valence-electron chi connectivity index (χ4n) is 3.45. The lowest BCUT2D eigenvalue weighted by molar-refractivity contribution is -0.385. The maximum atomic E-state index is 13.7. The van der Waals surface area contributed by atoms with Crippen LogP contribution in [0.3, 0.4) is 0 Å². The van der Waals surface area contributed by atoms with Gasteiger partial charge in [0.05, 0.1) is 10.5 Å². The SMILES string of the molecule is Cc1ccc(NC(=O)c2ccc(CN3CCN(C)CC3)c(C(F)(F)F)c2)cc1[N+](=O)[O-]. The molecule has 1 N–H and O–H groups in total. The number of aryl methyl sites for hydroxylation is 1. The van der Waals surface area contributed by atoms with Crippen molar-refractivity contribution in [3.05, 3.63) is 68.8 Å². The maximum absolute atomic E-state index is 13.7. The van der Waals surface area contributed by atoms with E-state index in [0.717, 1.165) is 19.2 Å². The van der Waals surface area contributed by atoms with E-state index in [1.165, 1.54) is 30.3 Å². The molecule has 0 spiro atoms. The molecular weight excluding hydrogens is 413 g/mol. The number of nitro benzene ring substituents is 1. The molecule has 0 unspecified atom stereocenters. The van der Waals surface area contributed by atoms with E-state index in [4.69, 9.17) is 0 Å². The lowest BCUT2D eigenvalue weighted by Gasteiger charge is -2.33. The van der Waals surface area contributed by atoms with Crippen LogP contribution in [0.1, 0.15) is 27.0 Å². The monoisotopic (exact) mass is 436 g/mol. The number of rotatable bonds is 5. The highest BCUT2D eigenvalue weighted by molar-refractivity contribution is 6.04. The topological polar surface area (TPSA) is 78.7 Å². The molecule has 1 heterocycles. The first-order valence-corrected chi connectivity index (χ1v) is 9.72. The number of hydrogen-bond acceptors (Lipinski definition) is 5. The Bertz CT molecular complexity index is 986. The van der Waals surface area contributed by atoms with Gasteiger partial charge in [0.2, 0.25) is 0 Å². The van der Waals surface area contributed by atoms with Gasteiger partial charge in [-0.15, -0.1) is 0 Å². The molecule has 1 fully saturated rings. The summed E-state index contributed by atoms with van der Waals surface area (Å²) in [4.78, 5) is 27.1. The van der Waals surface area contributed by atoms with Crippen molar-refractivity contribution in [3.8, 4) is 0 Å². The Kier molecular flexibility index (Phi) is 6.61. The van der Waals surface area contributed by atoms with E-state index in [1.807, 2.05) is 11.9 Å². The van der Waals surface area contributed by atoms with E-state index in [2.05, 4.69) is 10.2 Å². The number of carbonyl (C=O) groups excluding carboxylic acids is 1. The van der Waals surface area contributed by atoms with Gasteiger partial charge >= 0.3 is 6.18 Å². The number of benzene rings is 2. The molecule has 0 atom stereocenters. The average Bonchev–Trinajstić information content (AvgIpc) is 2.70. The molecule has 2 aromatic rings. The van der Waals surface area contributed by atoms with E-state index in [-0.39, 0.29) is 29.0 Å². The Morgan fingerprint density at radius 1 is 1.13 bits per heavy atom. The lowest BCUT2D eigenvalue weighted by Crippen LogP contribution is -2.44. The quantitative estimate of drug-likeness (QED) is 0.568. The smallest absolute Gasteiger partial charge is 0.322 e. The summed E-state index contributed by atoms with van der Waals surface area (Å²) in [5.74, 6) is -0.769. The van der Waals surface area contributed by atoms with Crippen LogP contribution in [-0.4, -0.2) is 53.9 Å². The van der Waals surface area contributed by atoms with Crippen LogP contribution >= 0.6 is 0 Å².